The second kappa shape index (κ2) is 8.90. The lowest BCUT2D eigenvalue weighted by Crippen LogP contribution is -2.27. The molecule has 1 aliphatic rings. The fraction of sp³-hybridized carbons (Fsp3) is 0.269. The van der Waals surface area contributed by atoms with Crippen LogP contribution in [0.3, 0.4) is 0 Å². The van der Waals surface area contributed by atoms with E-state index in [9.17, 15) is 14.0 Å². The molecule has 4 aromatic rings. The third-order valence-electron chi connectivity index (χ3n) is 6.25. The van der Waals surface area contributed by atoms with Crippen LogP contribution in [0.25, 0.3) is 16.7 Å². The van der Waals surface area contributed by atoms with Crippen molar-refractivity contribution in [2.24, 2.45) is 0 Å². The van der Waals surface area contributed by atoms with Crippen LogP contribution in [0, 0.1) is 19.7 Å². The second-order valence-electron chi connectivity index (χ2n) is 8.44. The Kier molecular flexibility index (Phi) is 5.76. The molecule has 0 fully saturated rings. The number of anilines is 1. The molecule has 9 heteroatoms. The number of ether oxygens (including phenoxy) is 2. The third kappa shape index (κ3) is 4.03. The molecule has 1 aliphatic heterocycles. The first-order chi connectivity index (χ1) is 16.9. The van der Waals surface area contributed by atoms with Gasteiger partial charge in [-0.3, -0.25) is 14.2 Å². The Morgan fingerprint density at radius 2 is 1.94 bits per heavy atom. The summed E-state index contributed by atoms with van der Waals surface area (Å²) in [5, 5.41) is 8.31. The van der Waals surface area contributed by atoms with Gasteiger partial charge in [-0.2, -0.15) is 5.10 Å². The number of fused-ring (bicyclic) bond motifs is 2. The van der Waals surface area contributed by atoms with E-state index in [1.807, 2.05) is 20.8 Å². The quantitative estimate of drug-likeness (QED) is 0.449. The predicted octanol–water partition coefficient (Wildman–Crippen LogP) is 4.26. The highest BCUT2D eigenvalue weighted by atomic mass is 19.1. The van der Waals surface area contributed by atoms with Crippen LogP contribution in [0.5, 0.6) is 11.5 Å². The van der Waals surface area contributed by atoms with Gasteiger partial charge < -0.3 is 14.8 Å². The summed E-state index contributed by atoms with van der Waals surface area (Å²) in [4.78, 5) is 26.1. The minimum absolute atomic E-state index is 0.136. The van der Waals surface area contributed by atoms with E-state index in [1.165, 1.54) is 12.1 Å². The average Bonchev–Trinajstić information content (AvgIpc) is 3.43. The average molecular weight is 477 g/mol. The zero-order chi connectivity index (χ0) is 24.7. The van der Waals surface area contributed by atoms with Crippen LogP contribution >= 0.6 is 0 Å². The molecule has 0 saturated heterocycles. The molecule has 180 valence electrons. The van der Waals surface area contributed by atoms with Crippen LogP contribution < -0.4 is 20.3 Å². The smallest absolute Gasteiger partial charge is 0.255 e. The van der Waals surface area contributed by atoms with Crippen molar-refractivity contribution in [1.82, 2.24) is 14.3 Å². The zero-order valence-electron chi connectivity index (χ0n) is 19.7. The number of aromatic nitrogens is 3. The number of halogens is 1. The lowest BCUT2D eigenvalue weighted by molar-refractivity contribution is -0.116. The van der Waals surface area contributed by atoms with E-state index in [-0.39, 0.29) is 36.9 Å². The molecular formula is C26H25FN4O4. The van der Waals surface area contributed by atoms with E-state index in [0.717, 1.165) is 16.6 Å². The molecule has 0 unspecified atom stereocenters. The molecule has 0 bridgehead atoms. The number of aryl methyl sites for hydroxylation is 3. The minimum Gasteiger partial charge on any atom is -0.454 e. The number of nitrogens with one attached hydrogen (secondary N) is 1. The van der Waals surface area contributed by atoms with Crippen molar-refractivity contribution in [1.29, 1.82) is 0 Å². The molecule has 0 aliphatic carbocycles. The van der Waals surface area contributed by atoms with Crippen molar-refractivity contribution in [2.75, 3.05) is 12.1 Å². The fourth-order valence-electron chi connectivity index (χ4n) is 4.59. The maximum atomic E-state index is 13.9. The number of hydrogen-bond acceptors (Lipinski definition) is 5. The van der Waals surface area contributed by atoms with Crippen LogP contribution in [0.1, 0.15) is 30.2 Å². The summed E-state index contributed by atoms with van der Waals surface area (Å²) in [6.45, 7) is 6.19. The first-order valence-electron chi connectivity index (χ1n) is 11.4. The summed E-state index contributed by atoms with van der Waals surface area (Å²) in [5.74, 6) is 0.635. The van der Waals surface area contributed by atoms with Crippen LogP contribution in [0.15, 0.2) is 47.3 Å². The summed E-state index contributed by atoms with van der Waals surface area (Å²) >= 11 is 0. The highest BCUT2D eigenvalue weighted by Crippen LogP contribution is 2.34. The summed E-state index contributed by atoms with van der Waals surface area (Å²) in [7, 11) is 0. The number of hydrogen-bond donors (Lipinski definition) is 1. The molecule has 2 aromatic carbocycles. The maximum Gasteiger partial charge on any atom is 0.255 e. The van der Waals surface area contributed by atoms with Gasteiger partial charge in [0.05, 0.1) is 11.4 Å². The van der Waals surface area contributed by atoms with Crippen LogP contribution in [0.4, 0.5) is 10.1 Å². The van der Waals surface area contributed by atoms with E-state index in [4.69, 9.17) is 9.47 Å². The summed E-state index contributed by atoms with van der Waals surface area (Å²) in [6, 6.07) is 11.3. The number of carbonyl (C=O) groups excluding carboxylic acids is 1. The van der Waals surface area contributed by atoms with Crippen LogP contribution in [0.2, 0.25) is 0 Å². The van der Waals surface area contributed by atoms with Crippen molar-refractivity contribution >= 4 is 22.6 Å². The van der Waals surface area contributed by atoms with Gasteiger partial charge in [0.1, 0.15) is 11.5 Å². The number of pyridine rings is 1. The van der Waals surface area contributed by atoms with Gasteiger partial charge in [-0.25, -0.2) is 9.07 Å². The lowest BCUT2D eigenvalue weighted by Gasteiger charge is -2.14. The molecule has 35 heavy (non-hydrogen) atoms. The van der Waals surface area contributed by atoms with Gasteiger partial charge in [0.2, 0.25) is 12.7 Å². The Labute approximate surface area is 200 Å². The van der Waals surface area contributed by atoms with Crippen LogP contribution in [-0.2, 0) is 17.8 Å². The van der Waals surface area contributed by atoms with Gasteiger partial charge in [-0.15, -0.1) is 0 Å². The van der Waals surface area contributed by atoms with Gasteiger partial charge in [-0.05, 0) is 63.1 Å². The topological polar surface area (TPSA) is 87.4 Å². The Hall–Kier alpha value is -4.14. The largest absolute Gasteiger partial charge is 0.454 e. The third-order valence-corrected chi connectivity index (χ3v) is 6.25. The molecule has 0 atom stereocenters. The number of carbonyl (C=O) groups is 1. The Balaban J connectivity index is 1.46. The molecule has 3 heterocycles. The van der Waals surface area contributed by atoms with E-state index in [0.29, 0.717) is 40.6 Å². The van der Waals surface area contributed by atoms with Gasteiger partial charge in [-0.1, -0.05) is 6.07 Å². The summed E-state index contributed by atoms with van der Waals surface area (Å²) in [6.07, 6.45) is 0.415. The predicted molar refractivity (Wildman–Crippen MR) is 130 cm³/mol. The first-order valence-corrected chi connectivity index (χ1v) is 11.4. The number of benzene rings is 2. The Bertz CT molecular complexity index is 1520. The Morgan fingerprint density at radius 1 is 1.14 bits per heavy atom. The number of amides is 1. The van der Waals surface area contributed by atoms with E-state index < -0.39 is 0 Å². The SMILES string of the molecule is CCn1c(=O)c(CCC(=O)Nc2ccc3c(c2)OCO3)c(C)c2c(C)nn(-c3cccc(F)c3)c21. The van der Waals surface area contributed by atoms with E-state index in [1.54, 1.807) is 39.6 Å². The van der Waals surface area contributed by atoms with Gasteiger partial charge in [0.25, 0.3) is 5.56 Å². The summed E-state index contributed by atoms with van der Waals surface area (Å²) < 4.78 is 27.8. The van der Waals surface area contributed by atoms with Crippen molar-refractivity contribution in [3.8, 4) is 17.2 Å². The van der Waals surface area contributed by atoms with E-state index >= 15 is 0 Å². The molecule has 0 radical (unpaired) electrons. The van der Waals surface area contributed by atoms with Gasteiger partial charge >= 0.3 is 0 Å². The van der Waals surface area contributed by atoms with Crippen molar-refractivity contribution in [3.63, 3.8) is 0 Å². The van der Waals surface area contributed by atoms with Crippen LogP contribution in [-0.4, -0.2) is 27.0 Å². The molecule has 1 N–H and O–H groups in total. The molecule has 2 aromatic heterocycles. The molecule has 0 spiro atoms. The molecule has 8 nitrogen and oxygen atoms in total. The van der Waals surface area contributed by atoms with Crippen molar-refractivity contribution < 1.29 is 18.7 Å². The lowest BCUT2D eigenvalue weighted by atomic mass is 10.0. The van der Waals surface area contributed by atoms with Gasteiger partial charge in [0.15, 0.2) is 11.5 Å². The van der Waals surface area contributed by atoms with E-state index in [2.05, 4.69) is 10.4 Å². The first kappa shape index (κ1) is 22.6. The summed E-state index contributed by atoms with van der Waals surface area (Å²) in [5.41, 5.74) is 3.67. The number of rotatable bonds is 6. The highest BCUT2D eigenvalue weighted by Gasteiger charge is 2.21. The second-order valence-corrected chi connectivity index (χ2v) is 8.44. The Morgan fingerprint density at radius 3 is 2.71 bits per heavy atom. The molecule has 0 saturated carbocycles. The minimum atomic E-state index is -0.379. The van der Waals surface area contributed by atoms with Gasteiger partial charge in [0, 0.05) is 35.7 Å². The molecule has 1 amide bonds. The zero-order valence-corrected chi connectivity index (χ0v) is 19.7. The number of nitrogens with zero attached hydrogens (tertiary/aromatic N) is 3. The molecule has 5 rings (SSSR count). The normalized spacial score (nSPS) is 12.3. The molecular weight excluding hydrogens is 451 g/mol. The fourth-order valence-corrected chi connectivity index (χ4v) is 4.59. The highest BCUT2D eigenvalue weighted by molar-refractivity contribution is 5.91. The van der Waals surface area contributed by atoms with Crippen molar-refractivity contribution in [2.45, 2.75) is 40.2 Å². The monoisotopic (exact) mass is 476 g/mol. The standard InChI is InChI=1S/C26H25FN4O4/c1-4-30-25-24(16(3)29-31(25)19-7-5-6-17(27)12-19)15(2)20(26(30)33)9-11-23(32)28-18-8-10-21-22(13-18)35-14-34-21/h5-8,10,12-13H,4,9,11,14H2,1-3H3,(H,28,32). The van der Waals surface area contributed by atoms with Crippen molar-refractivity contribution in [3.05, 3.63) is 75.5 Å². The maximum absolute atomic E-state index is 13.9.